The summed E-state index contributed by atoms with van der Waals surface area (Å²) in [7, 11) is 0. The van der Waals surface area contributed by atoms with Gasteiger partial charge in [-0.3, -0.25) is 0 Å². The van der Waals surface area contributed by atoms with E-state index in [2.05, 4.69) is 0 Å². The van der Waals surface area contributed by atoms with Gasteiger partial charge in [-0.25, -0.2) is 0 Å². The number of benzene rings is 1. The maximum absolute atomic E-state index is 10.0. The predicted octanol–water partition coefficient (Wildman–Crippen LogP) is 1.74. The van der Waals surface area contributed by atoms with E-state index in [4.69, 9.17) is 9.84 Å². The van der Waals surface area contributed by atoms with E-state index in [1.165, 1.54) is 0 Å². The molecule has 0 amide bonds. The fraction of sp³-hybridized carbons (Fsp3) is 0.533. The molecule has 1 fully saturated rings. The second-order valence-electron chi connectivity index (χ2n) is 5.01. The summed E-state index contributed by atoms with van der Waals surface area (Å²) in [5.41, 5.74) is 0.922. The van der Waals surface area contributed by atoms with Crippen LogP contribution in [0.5, 0.6) is 5.75 Å². The minimum Gasteiger partial charge on any atom is -0.494 e. The van der Waals surface area contributed by atoms with E-state index in [0.717, 1.165) is 16.4 Å². The van der Waals surface area contributed by atoms with Crippen molar-refractivity contribution in [1.82, 2.24) is 5.06 Å². The van der Waals surface area contributed by atoms with E-state index in [1.807, 2.05) is 31.2 Å². The van der Waals surface area contributed by atoms with Crippen LogP contribution < -0.4 is 4.74 Å². The first kappa shape index (κ1) is 15.3. The molecular weight excluding hydrogens is 258 g/mol. The number of aliphatic hydroxyl groups is 2. The third-order valence-electron chi connectivity index (χ3n) is 3.64. The van der Waals surface area contributed by atoms with Crippen LogP contribution in [-0.2, 0) is 0 Å². The highest BCUT2D eigenvalue weighted by atomic mass is 16.5. The monoisotopic (exact) mass is 280 g/mol. The van der Waals surface area contributed by atoms with Crippen molar-refractivity contribution in [3.05, 3.63) is 36.2 Å². The molecule has 5 heteroatoms. The first-order valence-electron chi connectivity index (χ1n) is 6.99. The van der Waals surface area contributed by atoms with Gasteiger partial charge in [0.05, 0.1) is 12.6 Å². The summed E-state index contributed by atoms with van der Waals surface area (Å²) >= 11 is 0. The molecule has 111 valence electrons. The Morgan fingerprint density at radius 1 is 1.30 bits per heavy atom. The molecule has 3 N–H and O–H groups in total. The number of hydrogen-bond acceptors (Lipinski definition) is 5. The van der Waals surface area contributed by atoms with Crippen molar-refractivity contribution < 1.29 is 20.2 Å². The van der Waals surface area contributed by atoms with E-state index in [1.54, 1.807) is 6.42 Å². The van der Waals surface area contributed by atoms with E-state index < -0.39 is 6.23 Å². The minimum absolute atomic E-state index is 0.0787. The van der Waals surface area contributed by atoms with Crippen molar-refractivity contribution in [3.8, 4) is 5.75 Å². The van der Waals surface area contributed by atoms with Gasteiger partial charge in [-0.15, -0.1) is 0 Å². The molecule has 0 spiro atoms. The van der Waals surface area contributed by atoms with Crippen LogP contribution in [0, 0.1) is 12.3 Å². The number of rotatable bonds is 5. The number of hydroxylamine groups is 2. The lowest BCUT2D eigenvalue weighted by Crippen LogP contribution is -2.43. The quantitative estimate of drug-likeness (QED) is 0.766. The SMILES string of the molecule is CCOc1ccc(C2CC(CCO)[CH][C@H](O)N2O)cc1. The molecule has 20 heavy (non-hydrogen) atoms. The van der Waals surface area contributed by atoms with Gasteiger partial charge in [-0.2, -0.15) is 5.06 Å². The van der Waals surface area contributed by atoms with Crippen molar-refractivity contribution in [3.63, 3.8) is 0 Å². The van der Waals surface area contributed by atoms with Gasteiger partial charge >= 0.3 is 0 Å². The Balaban J connectivity index is 2.11. The van der Waals surface area contributed by atoms with Gasteiger partial charge in [-0.05, 0) is 43.4 Å². The fourth-order valence-corrected chi connectivity index (χ4v) is 2.61. The molecule has 1 saturated heterocycles. The summed E-state index contributed by atoms with van der Waals surface area (Å²) in [6.07, 6.45) is 1.93. The summed E-state index contributed by atoms with van der Waals surface area (Å²) in [4.78, 5) is 0. The Bertz CT molecular complexity index is 409. The van der Waals surface area contributed by atoms with Gasteiger partial charge in [0, 0.05) is 13.0 Å². The molecule has 1 aliphatic heterocycles. The number of ether oxygens (including phenoxy) is 1. The average molecular weight is 280 g/mol. The molecule has 0 aromatic heterocycles. The van der Waals surface area contributed by atoms with Gasteiger partial charge in [0.15, 0.2) is 0 Å². The summed E-state index contributed by atoms with van der Waals surface area (Å²) < 4.78 is 5.39. The molecule has 1 aromatic carbocycles. The van der Waals surface area contributed by atoms with Crippen LogP contribution in [0.2, 0.25) is 0 Å². The number of piperidine rings is 1. The van der Waals surface area contributed by atoms with Crippen LogP contribution in [0.4, 0.5) is 0 Å². The maximum atomic E-state index is 10.0. The number of hydrogen-bond donors (Lipinski definition) is 3. The molecule has 0 aliphatic carbocycles. The van der Waals surface area contributed by atoms with Crippen molar-refractivity contribution >= 4 is 0 Å². The summed E-state index contributed by atoms with van der Waals surface area (Å²) in [5.74, 6) is 0.880. The van der Waals surface area contributed by atoms with Gasteiger partial charge in [0.2, 0.25) is 0 Å². The molecular formula is C15H22NO4. The topological polar surface area (TPSA) is 73.2 Å². The Labute approximate surface area is 119 Å². The van der Waals surface area contributed by atoms with Crippen LogP contribution in [-0.4, -0.2) is 39.9 Å². The lowest BCUT2D eigenvalue weighted by atomic mass is 9.85. The zero-order valence-corrected chi connectivity index (χ0v) is 11.6. The molecule has 2 unspecified atom stereocenters. The smallest absolute Gasteiger partial charge is 0.133 e. The fourth-order valence-electron chi connectivity index (χ4n) is 2.61. The highest BCUT2D eigenvalue weighted by Crippen LogP contribution is 2.36. The van der Waals surface area contributed by atoms with Crippen molar-refractivity contribution in [2.45, 2.75) is 32.0 Å². The number of nitrogens with zero attached hydrogens (tertiary/aromatic N) is 1. The number of aliphatic hydroxyl groups excluding tert-OH is 2. The highest BCUT2D eigenvalue weighted by molar-refractivity contribution is 5.29. The van der Waals surface area contributed by atoms with Crippen LogP contribution >= 0.6 is 0 Å². The first-order chi connectivity index (χ1) is 9.65. The Kier molecular flexibility index (Phi) is 5.37. The molecule has 1 aliphatic rings. The van der Waals surface area contributed by atoms with Gasteiger partial charge < -0.3 is 20.2 Å². The minimum atomic E-state index is -1.00. The van der Waals surface area contributed by atoms with E-state index in [0.29, 0.717) is 19.4 Å². The zero-order valence-electron chi connectivity index (χ0n) is 11.6. The molecule has 3 atom stereocenters. The molecule has 0 bridgehead atoms. The van der Waals surface area contributed by atoms with Crippen LogP contribution in [0.15, 0.2) is 24.3 Å². The van der Waals surface area contributed by atoms with Crippen molar-refractivity contribution in [1.29, 1.82) is 0 Å². The van der Waals surface area contributed by atoms with Crippen molar-refractivity contribution in [2.24, 2.45) is 5.92 Å². The van der Waals surface area contributed by atoms with Gasteiger partial charge in [0.1, 0.15) is 12.0 Å². The average Bonchev–Trinajstić information content (AvgIpc) is 2.44. The molecule has 1 radical (unpaired) electrons. The highest BCUT2D eigenvalue weighted by Gasteiger charge is 2.34. The zero-order chi connectivity index (χ0) is 14.5. The van der Waals surface area contributed by atoms with Gasteiger partial charge in [0.25, 0.3) is 0 Å². The summed E-state index contributed by atoms with van der Waals surface area (Å²) in [6, 6.07) is 7.23. The predicted molar refractivity (Wildman–Crippen MR) is 74.1 cm³/mol. The Morgan fingerprint density at radius 2 is 2.00 bits per heavy atom. The summed E-state index contributed by atoms with van der Waals surface area (Å²) in [5, 5.41) is 29.9. The maximum Gasteiger partial charge on any atom is 0.133 e. The molecule has 1 aromatic rings. The molecule has 0 saturated carbocycles. The van der Waals surface area contributed by atoms with E-state index in [9.17, 15) is 10.3 Å². The summed E-state index contributed by atoms with van der Waals surface area (Å²) in [6.45, 7) is 2.62. The standard InChI is InChI=1S/C15H22NO4/c1-2-20-13-5-3-12(4-6-13)14-9-11(7-8-17)10-15(18)16(14)19/h3-6,10-11,14-15,17-19H,2,7-9H2,1H3/t11?,14?,15-/m0/s1. The van der Waals surface area contributed by atoms with Gasteiger partial charge in [-0.1, -0.05) is 12.1 Å². The van der Waals surface area contributed by atoms with Crippen LogP contribution in [0.1, 0.15) is 31.4 Å². The second-order valence-corrected chi connectivity index (χ2v) is 5.01. The van der Waals surface area contributed by atoms with E-state index >= 15 is 0 Å². The Morgan fingerprint density at radius 3 is 2.60 bits per heavy atom. The van der Waals surface area contributed by atoms with Crippen LogP contribution in [0.3, 0.4) is 0 Å². The third kappa shape index (κ3) is 3.49. The van der Waals surface area contributed by atoms with E-state index in [-0.39, 0.29) is 18.6 Å². The molecule has 1 heterocycles. The van der Waals surface area contributed by atoms with Crippen LogP contribution in [0.25, 0.3) is 0 Å². The van der Waals surface area contributed by atoms with Crippen molar-refractivity contribution in [2.75, 3.05) is 13.2 Å². The molecule has 5 nitrogen and oxygen atoms in total. The third-order valence-corrected chi connectivity index (χ3v) is 3.64. The Hall–Kier alpha value is -1.14. The lowest BCUT2D eigenvalue weighted by Gasteiger charge is -2.38. The second kappa shape index (κ2) is 7.04. The first-order valence-corrected chi connectivity index (χ1v) is 6.99. The largest absolute Gasteiger partial charge is 0.494 e. The molecule has 2 rings (SSSR count). The lowest BCUT2D eigenvalue weighted by molar-refractivity contribution is -0.230. The normalized spacial score (nSPS) is 27.5.